The van der Waals surface area contributed by atoms with Crippen LogP contribution in [0.4, 0.5) is 0 Å². The van der Waals surface area contributed by atoms with Crippen LogP contribution < -0.4 is 5.32 Å². The van der Waals surface area contributed by atoms with E-state index in [0.717, 1.165) is 27.6 Å². The van der Waals surface area contributed by atoms with Crippen molar-refractivity contribution in [2.45, 2.75) is 6.04 Å². The van der Waals surface area contributed by atoms with Crippen LogP contribution in [0.3, 0.4) is 0 Å². The molecule has 0 fully saturated rings. The summed E-state index contributed by atoms with van der Waals surface area (Å²) in [4.78, 5) is 15.8. The Bertz CT molecular complexity index is 876. The van der Waals surface area contributed by atoms with E-state index in [1.165, 1.54) is 0 Å². The van der Waals surface area contributed by atoms with E-state index >= 15 is 0 Å². The summed E-state index contributed by atoms with van der Waals surface area (Å²) < 4.78 is 0. The van der Waals surface area contributed by atoms with Crippen LogP contribution in [0.1, 0.15) is 22.1 Å². The van der Waals surface area contributed by atoms with Gasteiger partial charge in [-0.25, -0.2) is 0 Å². The zero-order valence-electron chi connectivity index (χ0n) is 11.4. The summed E-state index contributed by atoms with van der Waals surface area (Å²) in [5.41, 5.74) is 4.72. The van der Waals surface area contributed by atoms with E-state index in [2.05, 4.69) is 22.9 Å². The Morgan fingerprint density at radius 3 is 2.67 bits per heavy atom. The van der Waals surface area contributed by atoms with Crippen molar-refractivity contribution in [3.8, 4) is 11.1 Å². The quantitative estimate of drug-likeness (QED) is 0.651. The molecule has 1 unspecified atom stereocenters. The molecule has 1 atom stereocenters. The number of hydrogen-bond donors (Lipinski definition) is 2. The SMILES string of the molecule is C=CC1NC(=O)c2[nH]c3ccccc3c2-c2ccccc21. The van der Waals surface area contributed by atoms with Crippen molar-refractivity contribution in [1.82, 2.24) is 10.3 Å². The number of rotatable bonds is 1. The second-order valence-corrected chi connectivity index (χ2v) is 5.19. The number of nitrogens with one attached hydrogen (secondary N) is 2. The van der Waals surface area contributed by atoms with E-state index in [9.17, 15) is 4.79 Å². The van der Waals surface area contributed by atoms with Crippen molar-refractivity contribution < 1.29 is 4.79 Å². The van der Waals surface area contributed by atoms with Crippen LogP contribution >= 0.6 is 0 Å². The number of hydrogen-bond acceptors (Lipinski definition) is 1. The molecular formula is C18H14N2O. The van der Waals surface area contributed by atoms with Crippen molar-refractivity contribution in [2.24, 2.45) is 0 Å². The highest BCUT2D eigenvalue weighted by Crippen LogP contribution is 2.39. The van der Waals surface area contributed by atoms with Gasteiger partial charge in [-0.2, -0.15) is 0 Å². The average Bonchev–Trinajstić information content (AvgIpc) is 2.86. The van der Waals surface area contributed by atoms with E-state index in [0.29, 0.717) is 5.69 Å². The van der Waals surface area contributed by atoms with E-state index in [1.54, 1.807) is 6.08 Å². The summed E-state index contributed by atoms with van der Waals surface area (Å²) in [6.07, 6.45) is 1.77. The molecule has 1 aliphatic heterocycles. The van der Waals surface area contributed by atoms with Gasteiger partial charge in [0.15, 0.2) is 0 Å². The summed E-state index contributed by atoms with van der Waals surface area (Å²) in [5.74, 6) is -0.0951. The van der Waals surface area contributed by atoms with Gasteiger partial charge in [0.2, 0.25) is 0 Å². The highest BCUT2D eigenvalue weighted by Gasteiger charge is 2.27. The van der Waals surface area contributed by atoms with Gasteiger partial charge in [0.05, 0.1) is 6.04 Å². The third kappa shape index (κ3) is 1.64. The Morgan fingerprint density at radius 2 is 1.81 bits per heavy atom. The Morgan fingerprint density at radius 1 is 1.05 bits per heavy atom. The van der Waals surface area contributed by atoms with Gasteiger partial charge in [0.25, 0.3) is 5.91 Å². The molecule has 2 heterocycles. The molecule has 0 saturated heterocycles. The molecule has 2 aromatic carbocycles. The third-order valence-corrected chi connectivity index (χ3v) is 4.02. The van der Waals surface area contributed by atoms with Gasteiger partial charge in [-0.05, 0) is 17.2 Å². The molecule has 0 radical (unpaired) electrons. The van der Waals surface area contributed by atoms with Crippen LogP contribution in [0, 0.1) is 0 Å². The normalized spacial score (nSPS) is 16.8. The minimum absolute atomic E-state index is 0.0951. The van der Waals surface area contributed by atoms with E-state index in [4.69, 9.17) is 0 Å². The lowest BCUT2D eigenvalue weighted by atomic mass is 9.94. The Balaban J connectivity index is 2.14. The van der Waals surface area contributed by atoms with Crippen molar-refractivity contribution in [3.05, 3.63) is 72.4 Å². The maximum atomic E-state index is 12.5. The van der Waals surface area contributed by atoms with Gasteiger partial charge in [-0.1, -0.05) is 48.5 Å². The number of carbonyl (C=O) groups is 1. The maximum Gasteiger partial charge on any atom is 0.269 e. The Hall–Kier alpha value is -2.81. The van der Waals surface area contributed by atoms with Crippen molar-refractivity contribution >= 4 is 16.8 Å². The van der Waals surface area contributed by atoms with Crippen molar-refractivity contribution in [3.63, 3.8) is 0 Å². The summed E-state index contributed by atoms with van der Waals surface area (Å²) in [5, 5.41) is 4.08. The van der Waals surface area contributed by atoms with Gasteiger partial charge in [0, 0.05) is 16.5 Å². The summed E-state index contributed by atoms with van der Waals surface area (Å²) in [6, 6.07) is 15.9. The average molecular weight is 274 g/mol. The number of H-pyrrole nitrogens is 1. The molecule has 102 valence electrons. The van der Waals surface area contributed by atoms with Crippen LogP contribution in [0.25, 0.3) is 22.0 Å². The number of benzene rings is 2. The molecule has 1 amide bonds. The largest absolute Gasteiger partial charge is 0.350 e. The first-order chi connectivity index (χ1) is 10.3. The molecule has 2 N–H and O–H groups in total. The van der Waals surface area contributed by atoms with Crippen LogP contribution in [-0.2, 0) is 0 Å². The van der Waals surface area contributed by atoms with Crippen LogP contribution in [0.15, 0.2) is 61.2 Å². The number of aromatic nitrogens is 1. The lowest BCUT2D eigenvalue weighted by Crippen LogP contribution is -2.26. The molecule has 0 saturated carbocycles. The minimum atomic E-state index is -0.173. The standard InChI is InChI=1S/C18H14N2O/c1-2-14-11-7-3-4-8-12(11)16-13-9-5-6-10-15(13)19-17(16)18(21)20-14/h2-10,14,19H,1H2,(H,20,21). The van der Waals surface area contributed by atoms with Gasteiger partial charge in [0.1, 0.15) is 5.69 Å². The van der Waals surface area contributed by atoms with Crippen molar-refractivity contribution in [1.29, 1.82) is 0 Å². The molecule has 3 aromatic rings. The first kappa shape index (κ1) is 12.0. The molecule has 4 rings (SSSR count). The van der Waals surface area contributed by atoms with Gasteiger partial charge >= 0.3 is 0 Å². The zero-order valence-corrected chi connectivity index (χ0v) is 11.4. The van der Waals surface area contributed by atoms with Crippen molar-refractivity contribution in [2.75, 3.05) is 0 Å². The number of amides is 1. The van der Waals surface area contributed by atoms with Crippen LogP contribution in [0.2, 0.25) is 0 Å². The number of aromatic amines is 1. The topological polar surface area (TPSA) is 44.9 Å². The first-order valence-electron chi connectivity index (χ1n) is 6.93. The van der Waals surface area contributed by atoms with Crippen LogP contribution in [0.5, 0.6) is 0 Å². The molecule has 0 aliphatic carbocycles. The summed E-state index contributed by atoms with van der Waals surface area (Å²) in [7, 11) is 0. The molecule has 1 aliphatic rings. The summed E-state index contributed by atoms with van der Waals surface area (Å²) in [6.45, 7) is 3.84. The highest BCUT2D eigenvalue weighted by molar-refractivity contribution is 6.11. The lowest BCUT2D eigenvalue weighted by Gasteiger charge is -2.14. The fraction of sp³-hybridized carbons (Fsp3) is 0.0556. The Labute approximate surface area is 122 Å². The third-order valence-electron chi connectivity index (χ3n) is 4.02. The highest BCUT2D eigenvalue weighted by atomic mass is 16.2. The first-order valence-corrected chi connectivity index (χ1v) is 6.93. The fourth-order valence-corrected chi connectivity index (χ4v) is 3.06. The molecule has 21 heavy (non-hydrogen) atoms. The van der Waals surface area contributed by atoms with E-state index < -0.39 is 0 Å². The zero-order chi connectivity index (χ0) is 14.4. The predicted molar refractivity (Wildman–Crippen MR) is 84.1 cm³/mol. The van der Waals surface area contributed by atoms with Gasteiger partial charge < -0.3 is 10.3 Å². The molecule has 0 spiro atoms. The van der Waals surface area contributed by atoms with Gasteiger partial charge in [-0.15, -0.1) is 6.58 Å². The monoisotopic (exact) mass is 274 g/mol. The molecule has 3 heteroatoms. The van der Waals surface area contributed by atoms with E-state index in [1.807, 2.05) is 42.5 Å². The lowest BCUT2D eigenvalue weighted by molar-refractivity contribution is 0.0942. The second-order valence-electron chi connectivity index (χ2n) is 5.19. The van der Waals surface area contributed by atoms with Crippen LogP contribution in [-0.4, -0.2) is 10.9 Å². The molecule has 1 aromatic heterocycles. The molecule has 0 bridgehead atoms. The molecular weight excluding hydrogens is 260 g/mol. The predicted octanol–water partition coefficient (Wildman–Crippen LogP) is 3.81. The van der Waals surface area contributed by atoms with E-state index in [-0.39, 0.29) is 11.9 Å². The van der Waals surface area contributed by atoms with Gasteiger partial charge in [-0.3, -0.25) is 4.79 Å². The smallest absolute Gasteiger partial charge is 0.269 e. The molecule has 3 nitrogen and oxygen atoms in total. The fourth-order valence-electron chi connectivity index (χ4n) is 3.06. The maximum absolute atomic E-state index is 12.5. The number of fused-ring (bicyclic) bond motifs is 5. The number of carbonyl (C=O) groups excluding carboxylic acids is 1. The minimum Gasteiger partial charge on any atom is -0.350 e. The summed E-state index contributed by atoms with van der Waals surface area (Å²) >= 11 is 0. The second kappa shape index (κ2) is 4.35. The Kier molecular flexibility index (Phi) is 2.48. The number of para-hydroxylation sites is 1.